The summed E-state index contributed by atoms with van der Waals surface area (Å²) in [6.45, 7) is 0. The average molecular weight is 361 g/mol. The van der Waals surface area contributed by atoms with E-state index in [-0.39, 0.29) is 11.5 Å². The first-order valence-corrected chi connectivity index (χ1v) is 8.12. The zero-order valence-electron chi connectivity index (χ0n) is 14.3. The number of hydrogen-bond donors (Lipinski definition) is 2. The fraction of sp³-hybridized carbons (Fsp3) is 0.0526. The summed E-state index contributed by atoms with van der Waals surface area (Å²) in [5, 5.41) is 6.78. The first-order valence-electron chi connectivity index (χ1n) is 8.12. The van der Waals surface area contributed by atoms with Gasteiger partial charge in [-0.15, -0.1) is 0 Å². The van der Waals surface area contributed by atoms with E-state index in [1.807, 2.05) is 0 Å². The van der Waals surface area contributed by atoms with Crippen molar-refractivity contribution in [1.29, 1.82) is 0 Å². The number of nitrogens with two attached hydrogens (primary N) is 1. The molecule has 3 N–H and O–H groups in total. The van der Waals surface area contributed by atoms with E-state index in [2.05, 4.69) is 15.4 Å². The van der Waals surface area contributed by atoms with Crippen LogP contribution in [-0.2, 0) is 7.05 Å². The van der Waals surface area contributed by atoms with E-state index >= 15 is 0 Å². The molecule has 4 rings (SSSR count). The third-order valence-corrected chi connectivity index (χ3v) is 4.12. The van der Waals surface area contributed by atoms with Crippen LogP contribution in [0.1, 0.15) is 20.8 Å². The van der Waals surface area contributed by atoms with Gasteiger partial charge in [0.1, 0.15) is 11.2 Å². The number of fused-ring (bicyclic) bond motifs is 1. The predicted molar refractivity (Wildman–Crippen MR) is 99.1 cm³/mol. The Hall–Kier alpha value is -3.94. The highest BCUT2D eigenvalue weighted by molar-refractivity contribution is 6.04. The number of anilines is 1. The van der Waals surface area contributed by atoms with Crippen LogP contribution in [0.4, 0.5) is 5.69 Å². The van der Waals surface area contributed by atoms with Crippen LogP contribution in [0, 0.1) is 0 Å². The van der Waals surface area contributed by atoms with Gasteiger partial charge in [0.15, 0.2) is 5.58 Å². The number of aromatic nitrogens is 3. The smallest absolute Gasteiger partial charge is 0.273 e. The van der Waals surface area contributed by atoms with Crippen molar-refractivity contribution in [3.63, 3.8) is 0 Å². The number of aryl methyl sites for hydroxylation is 1. The van der Waals surface area contributed by atoms with E-state index in [0.717, 1.165) is 0 Å². The molecule has 134 valence electrons. The van der Waals surface area contributed by atoms with Crippen LogP contribution >= 0.6 is 0 Å². The zero-order valence-corrected chi connectivity index (χ0v) is 14.3. The quantitative estimate of drug-likeness (QED) is 0.579. The maximum atomic E-state index is 12.2. The Bertz CT molecular complexity index is 1160. The van der Waals surface area contributed by atoms with Gasteiger partial charge in [-0.25, -0.2) is 4.98 Å². The summed E-state index contributed by atoms with van der Waals surface area (Å²) in [7, 11) is 1.70. The number of carbonyl (C=O) groups is 2. The van der Waals surface area contributed by atoms with Crippen LogP contribution in [-0.4, -0.2) is 26.6 Å². The van der Waals surface area contributed by atoms with Crippen molar-refractivity contribution in [2.24, 2.45) is 12.8 Å². The Labute approximate surface area is 153 Å². The molecule has 4 aromatic rings. The lowest BCUT2D eigenvalue weighted by molar-refractivity contribution is 0.0997. The number of nitrogens with one attached hydrogen (secondary N) is 1. The molecule has 0 bridgehead atoms. The van der Waals surface area contributed by atoms with Gasteiger partial charge in [-0.3, -0.25) is 14.3 Å². The first kappa shape index (κ1) is 16.5. The summed E-state index contributed by atoms with van der Waals surface area (Å²) in [6, 6.07) is 13.7. The lowest BCUT2D eigenvalue weighted by Crippen LogP contribution is -2.15. The second-order valence-electron chi connectivity index (χ2n) is 5.91. The van der Waals surface area contributed by atoms with E-state index < -0.39 is 5.91 Å². The number of carbonyl (C=O) groups excluding carboxylic acids is 2. The molecule has 0 saturated heterocycles. The standard InChI is InChI=1S/C19H15N5O3/c1-24-15(9-10-21-24)18(26)22-12-7-5-11(6-8-12)19-23-14-4-2-3-13(17(20)25)16(14)27-19/h2-10H,1H3,(H2,20,25)(H,22,26). The van der Waals surface area contributed by atoms with E-state index in [4.69, 9.17) is 10.2 Å². The van der Waals surface area contributed by atoms with Crippen molar-refractivity contribution < 1.29 is 14.0 Å². The molecule has 27 heavy (non-hydrogen) atoms. The molecular formula is C19H15N5O3. The van der Waals surface area contributed by atoms with Crippen LogP contribution in [0.15, 0.2) is 59.1 Å². The highest BCUT2D eigenvalue weighted by atomic mass is 16.3. The second kappa shape index (κ2) is 6.41. The van der Waals surface area contributed by atoms with E-state index in [9.17, 15) is 9.59 Å². The van der Waals surface area contributed by atoms with Crippen LogP contribution in [0.2, 0.25) is 0 Å². The highest BCUT2D eigenvalue weighted by Gasteiger charge is 2.15. The molecule has 0 aliphatic carbocycles. The van der Waals surface area contributed by atoms with Gasteiger partial charge < -0.3 is 15.5 Å². The third-order valence-electron chi connectivity index (χ3n) is 4.12. The van der Waals surface area contributed by atoms with Crippen LogP contribution in [0.5, 0.6) is 0 Å². The Morgan fingerprint density at radius 1 is 1.11 bits per heavy atom. The summed E-state index contributed by atoms with van der Waals surface area (Å²) in [5.41, 5.74) is 8.35. The molecule has 0 radical (unpaired) electrons. The molecule has 0 aliphatic heterocycles. The van der Waals surface area contributed by atoms with Crippen molar-refractivity contribution in [1.82, 2.24) is 14.8 Å². The Morgan fingerprint density at radius 3 is 2.56 bits per heavy atom. The molecule has 2 aromatic carbocycles. The number of hydrogen-bond acceptors (Lipinski definition) is 5. The van der Waals surface area contributed by atoms with E-state index in [1.54, 1.807) is 61.8 Å². The summed E-state index contributed by atoms with van der Waals surface area (Å²) >= 11 is 0. The van der Waals surface area contributed by atoms with Gasteiger partial charge in [0.2, 0.25) is 5.89 Å². The molecule has 2 amide bonds. The minimum Gasteiger partial charge on any atom is -0.435 e. The van der Waals surface area contributed by atoms with Crippen molar-refractivity contribution >= 4 is 28.6 Å². The first-order chi connectivity index (χ1) is 13.0. The third kappa shape index (κ3) is 3.04. The predicted octanol–water partition coefficient (Wildman–Crippen LogP) is 2.58. The zero-order chi connectivity index (χ0) is 19.0. The number of primary amides is 1. The summed E-state index contributed by atoms with van der Waals surface area (Å²) in [4.78, 5) is 28.1. The second-order valence-corrected chi connectivity index (χ2v) is 5.91. The molecule has 8 heteroatoms. The monoisotopic (exact) mass is 361 g/mol. The van der Waals surface area contributed by atoms with Gasteiger partial charge in [0.05, 0.1) is 5.56 Å². The van der Waals surface area contributed by atoms with Crippen molar-refractivity contribution in [3.8, 4) is 11.5 Å². The molecule has 0 spiro atoms. The summed E-state index contributed by atoms with van der Waals surface area (Å²) in [6.07, 6.45) is 1.56. The maximum Gasteiger partial charge on any atom is 0.273 e. The molecule has 2 heterocycles. The molecule has 8 nitrogen and oxygen atoms in total. The fourth-order valence-electron chi connectivity index (χ4n) is 2.75. The number of oxazole rings is 1. The van der Waals surface area contributed by atoms with Crippen LogP contribution in [0.3, 0.4) is 0 Å². The van der Waals surface area contributed by atoms with Gasteiger partial charge in [-0.1, -0.05) is 6.07 Å². The topological polar surface area (TPSA) is 116 Å². The molecule has 0 atom stereocenters. The van der Waals surface area contributed by atoms with Crippen molar-refractivity contribution in [2.75, 3.05) is 5.32 Å². The SMILES string of the molecule is Cn1nccc1C(=O)Nc1ccc(-c2nc3cccc(C(N)=O)c3o2)cc1. The maximum absolute atomic E-state index is 12.2. The van der Waals surface area contributed by atoms with Crippen LogP contribution < -0.4 is 11.1 Å². The Morgan fingerprint density at radius 2 is 1.89 bits per heavy atom. The lowest BCUT2D eigenvalue weighted by atomic mass is 10.2. The minimum atomic E-state index is -0.573. The highest BCUT2D eigenvalue weighted by Crippen LogP contribution is 2.27. The lowest BCUT2D eigenvalue weighted by Gasteiger charge is -2.05. The number of rotatable bonds is 4. The molecule has 2 aromatic heterocycles. The molecule has 0 saturated carbocycles. The van der Waals surface area contributed by atoms with E-state index in [0.29, 0.717) is 33.9 Å². The molecule has 0 unspecified atom stereocenters. The number of amides is 2. The van der Waals surface area contributed by atoms with Crippen molar-refractivity contribution in [3.05, 3.63) is 66.0 Å². The Balaban J connectivity index is 1.60. The van der Waals surface area contributed by atoms with Crippen molar-refractivity contribution in [2.45, 2.75) is 0 Å². The van der Waals surface area contributed by atoms with Gasteiger partial charge in [-0.2, -0.15) is 5.10 Å². The van der Waals surface area contributed by atoms with Gasteiger partial charge >= 0.3 is 0 Å². The minimum absolute atomic E-state index is 0.254. The summed E-state index contributed by atoms with van der Waals surface area (Å²) in [5.74, 6) is -0.463. The number of benzene rings is 2. The largest absolute Gasteiger partial charge is 0.435 e. The number of para-hydroxylation sites is 1. The van der Waals surface area contributed by atoms with Gasteiger partial charge in [0.25, 0.3) is 11.8 Å². The normalized spacial score (nSPS) is 10.9. The molecular weight excluding hydrogens is 346 g/mol. The molecule has 0 fully saturated rings. The molecule has 0 aliphatic rings. The van der Waals surface area contributed by atoms with Gasteiger partial charge in [-0.05, 0) is 42.5 Å². The average Bonchev–Trinajstić information content (AvgIpc) is 3.27. The van der Waals surface area contributed by atoms with Crippen LogP contribution in [0.25, 0.3) is 22.6 Å². The number of nitrogens with zero attached hydrogens (tertiary/aromatic N) is 3. The Kier molecular flexibility index (Phi) is 3.92. The fourth-order valence-corrected chi connectivity index (χ4v) is 2.75. The summed E-state index contributed by atoms with van der Waals surface area (Å²) < 4.78 is 7.23. The van der Waals surface area contributed by atoms with Gasteiger partial charge in [0, 0.05) is 24.5 Å². The van der Waals surface area contributed by atoms with E-state index in [1.165, 1.54) is 4.68 Å².